The molecule has 0 bridgehead atoms. The van der Waals surface area contributed by atoms with Gasteiger partial charge in [0.25, 0.3) is 5.91 Å². The number of nitrogens with zero attached hydrogens (tertiary/aromatic N) is 1. The fourth-order valence-corrected chi connectivity index (χ4v) is 4.77. The highest BCUT2D eigenvalue weighted by Gasteiger charge is 2.41. The van der Waals surface area contributed by atoms with Crippen LogP contribution in [0.25, 0.3) is 11.1 Å². The van der Waals surface area contributed by atoms with E-state index in [0.29, 0.717) is 5.69 Å². The van der Waals surface area contributed by atoms with Gasteiger partial charge in [0, 0.05) is 19.3 Å². The molecule has 2 aromatic carbocycles. The molecule has 5 nitrogen and oxygen atoms in total. The maximum atomic E-state index is 13.0. The zero-order valence-electron chi connectivity index (χ0n) is 14.6. The van der Waals surface area contributed by atoms with Crippen LogP contribution in [0.15, 0.2) is 65.7 Å². The maximum absolute atomic E-state index is 13.0. The van der Waals surface area contributed by atoms with E-state index in [9.17, 15) is 22.0 Å². The number of halogens is 2. The number of nitrogens with one attached hydrogen (secondary N) is 1. The van der Waals surface area contributed by atoms with Crippen LogP contribution in [-0.2, 0) is 9.84 Å². The fourth-order valence-electron chi connectivity index (χ4n) is 3.11. The van der Waals surface area contributed by atoms with Crippen molar-refractivity contribution >= 4 is 15.7 Å². The van der Waals surface area contributed by atoms with E-state index in [1.54, 1.807) is 24.4 Å². The Kier molecular flexibility index (Phi) is 4.50. The number of sulfone groups is 1. The average molecular weight is 402 g/mol. The van der Waals surface area contributed by atoms with Gasteiger partial charge in [0.05, 0.1) is 4.90 Å². The Balaban J connectivity index is 1.44. The van der Waals surface area contributed by atoms with Crippen LogP contribution >= 0.6 is 0 Å². The van der Waals surface area contributed by atoms with Gasteiger partial charge in [-0.2, -0.15) is 0 Å². The van der Waals surface area contributed by atoms with E-state index in [1.165, 1.54) is 29.2 Å². The van der Waals surface area contributed by atoms with E-state index in [2.05, 4.69) is 4.98 Å². The number of amides is 1. The number of aromatic amines is 1. The Bertz CT molecular complexity index is 1120. The van der Waals surface area contributed by atoms with Crippen LogP contribution in [0.5, 0.6) is 0 Å². The van der Waals surface area contributed by atoms with Gasteiger partial charge in [-0.25, -0.2) is 17.2 Å². The van der Waals surface area contributed by atoms with Crippen molar-refractivity contribution in [1.82, 2.24) is 9.88 Å². The predicted octanol–water partition coefficient (Wildman–Crippen LogP) is 3.26. The third-order valence-corrected chi connectivity index (χ3v) is 6.91. The SMILES string of the molecule is O=C(c1cc(-c2ccc(F)cc2)c[nH]1)N1CC(S(=O)(=O)c2ccc(F)cc2)C1. The van der Waals surface area contributed by atoms with Crippen molar-refractivity contribution in [1.29, 1.82) is 0 Å². The van der Waals surface area contributed by atoms with E-state index in [-0.39, 0.29) is 29.7 Å². The summed E-state index contributed by atoms with van der Waals surface area (Å²) in [5.74, 6) is -1.16. The molecule has 1 saturated heterocycles. The summed E-state index contributed by atoms with van der Waals surface area (Å²) in [6.45, 7) is 0.146. The lowest BCUT2D eigenvalue weighted by Crippen LogP contribution is -2.56. The first-order chi connectivity index (χ1) is 13.3. The molecule has 1 aliphatic rings. The molecule has 1 amide bonds. The maximum Gasteiger partial charge on any atom is 0.270 e. The van der Waals surface area contributed by atoms with E-state index in [0.717, 1.165) is 23.3 Å². The fraction of sp³-hybridized carbons (Fsp3) is 0.150. The molecular formula is C20H16F2N2O3S. The number of carbonyl (C=O) groups excluding carboxylic acids is 1. The average Bonchev–Trinajstić information content (AvgIpc) is 3.11. The van der Waals surface area contributed by atoms with Gasteiger partial charge in [0.15, 0.2) is 9.84 Å². The molecule has 1 fully saturated rings. The van der Waals surface area contributed by atoms with Crippen molar-refractivity contribution in [3.8, 4) is 11.1 Å². The van der Waals surface area contributed by atoms with Crippen LogP contribution in [0.3, 0.4) is 0 Å². The van der Waals surface area contributed by atoms with Gasteiger partial charge >= 0.3 is 0 Å². The molecule has 144 valence electrons. The summed E-state index contributed by atoms with van der Waals surface area (Å²) in [6.07, 6.45) is 1.65. The van der Waals surface area contributed by atoms with Crippen LogP contribution in [0.2, 0.25) is 0 Å². The quantitative estimate of drug-likeness (QED) is 0.681. The summed E-state index contributed by atoms with van der Waals surface area (Å²) in [5, 5.41) is -0.714. The Morgan fingerprint density at radius 3 is 2.11 bits per heavy atom. The highest BCUT2D eigenvalue weighted by atomic mass is 32.2. The van der Waals surface area contributed by atoms with Crippen molar-refractivity contribution in [3.63, 3.8) is 0 Å². The van der Waals surface area contributed by atoms with Gasteiger partial charge in [0.1, 0.15) is 22.6 Å². The highest BCUT2D eigenvalue weighted by molar-refractivity contribution is 7.92. The Hall–Kier alpha value is -3.00. The number of H-pyrrole nitrogens is 1. The van der Waals surface area contributed by atoms with Crippen LogP contribution in [0, 0.1) is 11.6 Å². The Morgan fingerprint density at radius 1 is 0.929 bits per heavy atom. The summed E-state index contributed by atoms with van der Waals surface area (Å²) in [5.41, 5.74) is 1.83. The van der Waals surface area contributed by atoms with Crippen molar-refractivity contribution in [2.24, 2.45) is 0 Å². The minimum Gasteiger partial charge on any atom is -0.357 e. The summed E-state index contributed by atoms with van der Waals surface area (Å²) < 4.78 is 51.1. The van der Waals surface area contributed by atoms with E-state index in [4.69, 9.17) is 0 Å². The van der Waals surface area contributed by atoms with Gasteiger partial charge in [-0.15, -0.1) is 0 Å². The molecule has 4 rings (SSSR count). The Morgan fingerprint density at radius 2 is 1.50 bits per heavy atom. The van der Waals surface area contributed by atoms with Crippen LogP contribution in [0.4, 0.5) is 8.78 Å². The van der Waals surface area contributed by atoms with Crippen LogP contribution in [-0.4, -0.2) is 42.5 Å². The molecule has 0 atom stereocenters. The molecule has 0 spiro atoms. The van der Waals surface area contributed by atoms with Crippen molar-refractivity contribution in [3.05, 3.63) is 78.1 Å². The first kappa shape index (κ1) is 18.4. The van der Waals surface area contributed by atoms with Gasteiger partial charge in [-0.05, 0) is 53.6 Å². The zero-order valence-corrected chi connectivity index (χ0v) is 15.4. The second-order valence-electron chi connectivity index (χ2n) is 6.64. The summed E-state index contributed by atoms with van der Waals surface area (Å²) in [7, 11) is -3.62. The number of hydrogen-bond donors (Lipinski definition) is 1. The zero-order chi connectivity index (χ0) is 19.9. The van der Waals surface area contributed by atoms with E-state index in [1.807, 2.05) is 0 Å². The largest absolute Gasteiger partial charge is 0.357 e. The summed E-state index contributed by atoms with van der Waals surface area (Å²) in [6, 6.07) is 12.2. The molecule has 0 saturated carbocycles. The van der Waals surface area contributed by atoms with Gasteiger partial charge in [-0.3, -0.25) is 4.79 Å². The molecule has 1 aliphatic heterocycles. The molecular weight excluding hydrogens is 386 g/mol. The van der Waals surface area contributed by atoms with E-state index >= 15 is 0 Å². The highest BCUT2D eigenvalue weighted by Crippen LogP contribution is 2.26. The molecule has 2 heterocycles. The van der Waals surface area contributed by atoms with E-state index < -0.39 is 20.9 Å². The smallest absolute Gasteiger partial charge is 0.270 e. The molecule has 1 aromatic heterocycles. The van der Waals surface area contributed by atoms with Gasteiger partial charge < -0.3 is 9.88 Å². The topological polar surface area (TPSA) is 70.2 Å². The molecule has 0 unspecified atom stereocenters. The summed E-state index contributed by atoms with van der Waals surface area (Å²) in [4.78, 5) is 16.9. The lowest BCUT2D eigenvalue weighted by atomic mass is 10.1. The lowest BCUT2D eigenvalue weighted by Gasteiger charge is -2.38. The molecule has 28 heavy (non-hydrogen) atoms. The first-order valence-corrected chi connectivity index (χ1v) is 10.1. The third-order valence-electron chi connectivity index (χ3n) is 4.81. The van der Waals surface area contributed by atoms with Crippen LogP contribution in [0.1, 0.15) is 10.5 Å². The monoisotopic (exact) mass is 402 g/mol. The standard InChI is InChI=1S/C20H16F2N2O3S/c21-15-3-1-13(2-4-15)14-9-19(23-10-14)20(25)24-11-18(12-24)28(26,27)17-7-5-16(22)6-8-17/h1-10,18,23H,11-12H2. The minimum absolute atomic E-state index is 0.0458. The minimum atomic E-state index is -3.62. The number of benzene rings is 2. The second-order valence-corrected chi connectivity index (χ2v) is 8.87. The number of rotatable bonds is 4. The van der Waals surface area contributed by atoms with Gasteiger partial charge in [-0.1, -0.05) is 12.1 Å². The van der Waals surface area contributed by atoms with Crippen molar-refractivity contribution in [2.45, 2.75) is 10.1 Å². The van der Waals surface area contributed by atoms with Gasteiger partial charge in [0.2, 0.25) is 0 Å². The molecule has 3 aromatic rings. The Labute approximate surface area is 160 Å². The van der Waals surface area contributed by atoms with Crippen LogP contribution < -0.4 is 0 Å². The first-order valence-electron chi connectivity index (χ1n) is 8.58. The molecule has 0 aliphatic carbocycles. The molecule has 8 heteroatoms. The van der Waals surface area contributed by atoms with Crippen molar-refractivity contribution in [2.75, 3.05) is 13.1 Å². The second kappa shape index (κ2) is 6.87. The summed E-state index contributed by atoms with van der Waals surface area (Å²) >= 11 is 0. The molecule has 0 radical (unpaired) electrons. The lowest BCUT2D eigenvalue weighted by molar-refractivity contribution is 0.0653. The molecule has 1 N–H and O–H groups in total. The number of hydrogen-bond acceptors (Lipinski definition) is 3. The number of likely N-dealkylation sites (tertiary alicyclic amines) is 1. The third kappa shape index (κ3) is 3.31. The van der Waals surface area contributed by atoms with Crippen molar-refractivity contribution < 1.29 is 22.0 Å². The number of carbonyl (C=O) groups is 1. The normalized spacial score (nSPS) is 14.7. The number of aromatic nitrogens is 1. The predicted molar refractivity (Wildman–Crippen MR) is 99.5 cm³/mol.